The number of phenols is 1. The van der Waals surface area contributed by atoms with Gasteiger partial charge in [0.15, 0.2) is 11.5 Å². The fraction of sp³-hybridized carbons (Fsp3) is 0.731. The minimum atomic E-state index is -0.453. The van der Waals surface area contributed by atoms with E-state index in [-0.39, 0.29) is 34.9 Å². The van der Waals surface area contributed by atoms with Gasteiger partial charge in [-0.2, -0.15) is 0 Å². The van der Waals surface area contributed by atoms with Crippen molar-refractivity contribution in [1.82, 2.24) is 10.2 Å². The second-order valence-corrected chi connectivity index (χ2v) is 11.3. The molecule has 33 heavy (non-hydrogen) atoms. The van der Waals surface area contributed by atoms with Crippen molar-refractivity contribution in [3.63, 3.8) is 0 Å². The molecule has 0 radical (unpaired) electrons. The molecule has 2 unspecified atom stereocenters. The molecule has 1 aromatic rings. The number of rotatable bonds is 6. The first-order valence-electron chi connectivity index (χ1n) is 12.4. The molecule has 7 heteroatoms. The van der Waals surface area contributed by atoms with Gasteiger partial charge in [-0.05, 0) is 84.6 Å². The van der Waals surface area contributed by atoms with Crippen LogP contribution in [-0.4, -0.2) is 72.6 Å². The Balaban J connectivity index is 1.40. The summed E-state index contributed by atoms with van der Waals surface area (Å²) in [5.74, 6) is 0.724. The molecule has 2 aliphatic carbocycles. The molecule has 2 N–H and O–H groups in total. The van der Waals surface area contributed by atoms with Crippen LogP contribution in [0.15, 0.2) is 12.1 Å². The molecule has 1 aromatic carbocycles. The van der Waals surface area contributed by atoms with Crippen LogP contribution in [0.4, 0.5) is 0 Å². The van der Waals surface area contributed by atoms with Crippen molar-refractivity contribution >= 4 is 5.97 Å². The SMILES string of the molecule is CO[C@@]12CC[C@@H](NCCCC(=O)OC(C)(C)C)[C@@H]3Oc4c(O)ccc5c4C31CCN(C)C2C5. The fourth-order valence-electron chi connectivity index (χ4n) is 7.26. The third-order valence-electron chi connectivity index (χ3n) is 8.44. The maximum absolute atomic E-state index is 12.1. The van der Waals surface area contributed by atoms with E-state index in [0.717, 1.165) is 45.2 Å². The van der Waals surface area contributed by atoms with Gasteiger partial charge in [0.2, 0.25) is 0 Å². The highest BCUT2D eigenvalue weighted by molar-refractivity contribution is 5.69. The zero-order valence-electron chi connectivity index (χ0n) is 20.6. The van der Waals surface area contributed by atoms with Gasteiger partial charge in [0.1, 0.15) is 11.7 Å². The number of aromatic hydroxyl groups is 1. The van der Waals surface area contributed by atoms with E-state index in [2.05, 4.69) is 23.3 Å². The molecule has 7 nitrogen and oxygen atoms in total. The number of hydrogen-bond acceptors (Lipinski definition) is 7. The molecule has 2 fully saturated rings. The minimum absolute atomic E-state index is 0.105. The van der Waals surface area contributed by atoms with E-state index >= 15 is 0 Å². The van der Waals surface area contributed by atoms with Gasteiger partial charge in [0.25, 0.3) is 0 Å². The minimum Gasteiger partial charge on any atom is -0.504 e. The number of carbonyl (C=O) groups is 1. The third-order valence-corrected chi connectivity index (χ3v) is 8.44. The van der Waals surface area contributed by atoms with Gasteiger partial charge in [-0.15, -0.1) is 0 Å². The maximum Gasteiger partial charge on any atom is 0.306 e. The van der Waals surface area contributed by atoms with Gasteiger partial charge in [0.05, 0.1) is 11.0 Å². The molecule has 2 heterocycles. The Morgan fingerprint density at radius 2 is 2.12 bits per heavy atom. The lowest BCUT2D eigenvalue weighted by Crippen LogP contribution is -2.78. The lowest BCUT2D eigenvalue weighted by atomic mass is 9.48. The number of benzene rings is 1. The molecule has 4 aliphatic rings. The summed E-state index contributed by atoms with van der Waals surface area (Å²) >= 11 is 0. The van der Waals surface area contributed by atoms with Crippen LogP contribution in [0, 0.1) is 0 Å². The lowest BCUT2D eigenvalue weighted by Gasteiger charge is -2.65. The maximum atomic E-state index is 12.1. The molecule has 0 aromatic heterocycles. The summed E-state index contributed by atoms with van der Waals surface area (Å²) in [5.41, 5.74) is 1.40. The van der Waals surface area contributed by atoms with Gasteiger partial charge in [0, 0.05) is 31.2 Å². The summed E-state index contributed by atoms with van der Waals surface area (Å²) in [6.45, 7) is 7.38. The molecule has 5 atom stereocenters. The normalized spacial score (nSPS) is 34.5. The predicted octanol–water partition coefficient (Wildman–Crippen LogP) is 2.91. The number of nitrogens with one attached hydrogen (secondary N) is 1. The summed E-state index contributed by atoms with van der Waals surface area (Å²) in [6, 6.07) is 4.28. The number of hydrogen-bond donors (Lipinski definition) is 2. The van der Waals surface area contributed by atoms with Crippen LogP contribution in [-0.2, 0) is 26.1 Å². The summed E-state index contributed by atoms with van der Waals surface area (Å²) < 4.78 is 18.5. The number of ether oxygens (including phenoxy) is 3. The Labute approximate surface area is 196 Å². The van der Waals surface area contributed by atoms with E-state index in [1.807, 2.05) is 27.9 Å². The number of methoxy groups -OCH3 is 1. The van der Waals surface area contributed by atoms with Crippen LogP contribution in [0.2, 0.25) is 0 Å². The second kappa shape index (κ2) is 7.85. The van der Waals surface area contributed by atoms with E-state index in [0.29, 0.717) is 18.2 Å². The number of esters is 1. The van der Waals surface area contributed by atoms with E-state index in [1.165, 1.54) is 11.1 Å². The zero-order chi connectivity index (χ0) is 23.6. The van der Waals surface area contributed by atoms with Crippen molar-refractivity contribution in [3.8, 4) is 11.5 Å². The van der Waals surface area contributed by atoms with Gasteiger partial charge >= 0.3 is 5.97 Å². The molecule has 1 spiro atoms. The molecule has 1 saturated carbocycles. The number of carbonyl (C=O) groups excluding carboxylic acids is 1. The quantitative estimate of drug-likeness (QED) is 0.501. The summed E-state index contributed by atoms with van der Waals surface area (Å²) in [5, 5.41) is 14.4. The fourth-order valence-corrected chi connectivity index (χ4v) is 7.26. The van der Waals surface area contributed by atoms with E-state index < -0.39 is 5.60 Å². The molecular formula is C26H38N2O5. The van der Waals surface area contributed by atoms with E-state index in [1.54, 1.807) is 6.07 Å². The zero-order valence-corrected chi connectivity index (χ0v) is 20.6. The second-order valence-electron chi connectivity index (χ2n) is 11.3. The van der Waals surface area contributed by atoms with Crippen LogP contribution < -0.4 is 10.1 Å². The smallest absolute Gasteiger partial charge is 0.306 e. The molecule has 2 aliphatic heterocycles. The molecule has 0 amide bonds. The lowest BCUT2D eigenvalue weighted by molar-refractivity contribution is -0.203. The van der Waals surface area contributed by atoms with Crippen LogP contribution in [0.3, 0.4) is 0 Å². The summed E-state index contributed by atoms with van der Waals surface area (Å²) in [4.78, 5) is 14.5. The number of phenolic OH excluding ortho intramolecular Hbond substituents is 1. The van der Waals surface area contributed by atoms with Gasteiger partial charge in [-0.1, -0.05) is 6.07 Å². The first-order chi connectivity index (χ1) is 15.6. The largest absolute Gasteiger partial charge is 0.504 e. The molecule has 1 saturated heterocycles. The van der Waals surface area contributed by atoms with Crippen molar-refractivity contribution < 1.29 is 24.1 Å². The van der Waals surface area contributed by atoms with Crippen LogP contribution in [0.25, 0.3) is 0 Å². The molecule has 5 rings (SSSR count). The average molecular weight is 459 g/mol. The standard InChI is InChI=1S/C26H38N2O5/c1-24(2,3)33-20(30)7-6-13-27-17-10-11-26(31-5)19-15-16-8-9-18(29)22-21(16)25(26,23(17)32-22)12-14-28(19)4/h8-9,17,19,23,27,29H,6-7,10-15H2,1-5H3/t17-,19?,23+,25?,26-/m1/s1. The summed E-state index contributed by atoms with van der Waals surface area (Å²) in [6.07, 6.45) is 4.74. The van der Waals surface area contributed by atoms with Gasteiger partial charge in [-0.3, -0.25) is 4.79 Å². The molecule has 2 bridgehead atoms. The highest BCUT2D eigenvalue weighted by atomic mass is 16.6. The topological polar surface area (TPSA) is 80.3 Å². The Kier molecular flexibility index (Phi) is 5.46. The Morgan fingerprint density at radius 1 is 1.33 bits per heavy atom. The van der Waals surface area contributed by atoms with Gasteiger partial charge in [-0.25, -0.2) is 0 Å². The van der Waals surface area contributed by atoms with Crippen LogP contribution in [0.5, 0.6) is 11.5 Å². The number of likely N-dealkylation sites (N-methyl/N-ethyl adjacent to an activating group) is 1. The Bertz CT molecular complexity index is 943. The van der Waals surface area contributed by atoms with Crippen LogP contribution >= 0.6 is 0 Å². The van der Waals surface area contributed by atoms with Crippen molar-refractivity contribution in [2.24, 2.45) is 0 Å². The summed E-state index contributed by atoms with van der Waals surface area (Å²) in [7, 11) is 4.06. The highest BCUT2D eigenvalue weighted by Gasteiger charge is 2.73. The number of likely N-dealkylation sites (tertiary alicyclic amines) is 1. The first kappa shape index (κ1) is 22.9. The van der Waals surface area contributed by atoms with Crippen molar-refractivity contribution in [3.05, 3.63) is 23.3 Å². The van der Waals surface area contributed by atoms with E-state index in [4.69, 9.17) is 14.2 Å². The third kappa shape index (κ3) is 3.30. The number of nitrogens with zero attached hydrogens (tertiary/aromatic N) is 1. The Hall–Kier alpha value is -1.83. The van der Waals surface area contributed by atoms with Crippen molar-refractivity contribution in [2.75, 3.05) is 27.2 Å². The highest BCUT2D eigenvalue weighted by Crippen LogP contribution is 2.66. The first-order valence-corrected chi connectivity index (χ1v) is 12.4. The average Bonchev–Trinajstić information content (AvgIpc) is 3.10. The molecule has 182 valence electrons. The predicted molar refractivity (Wildman–Crippen MR) is 125 cm³/mol. The van der Waals surface area contributed by atoms with Gasteiger partial charge < -0.3 is 29.5 Å². The monoisotopic (exact) mass is 458 g/mol. The Morgan fingerprint density at radius 3 is 2.85 bits per heavy atom. The van der Waals surface area contributed by atoms with Crippen LogP contribution in [0.1, 0.15) is 64.0 Å². The van der Waals surface area contributed by atoms with E-state index in [9.17, 15) is 9.90 Å². The number of piperidine rings is 1. The van der Waals surface area contributed by atoms with Crippen molar-refractivity contribution in [1.29, 1.82) is 0 Å². The molecular weight excluding hydrogens is 420 g/mol. The van der Waals surface area contributed by atoms with Crippen molar-refractivity contribution in [2.45, 2.75) is 94.1 Å².